The first kappa shape index (κ1) is 12.3. The molecule has 1 aromatic rings. The maximum atomic E-state index is 11.0. The van der Waals surface area contributed by atoms with Gasteiger partial charge in [0.05, 0.1) is 0 Å². The number of ether oxygens (including phenoxy) is 2. The lowest BCUT2D eigenvalue weighted by atomic mass is 10.3. The second kappa shape index (κ2) is 5.92. The van der Waals surface area contributed by atoms with E-state index in [1.807, 2.05) is 0 Å². The largest absolute Gasteiger partial charge is 0.432 e. The van der Waals surface area contributed by atoms with E-state index in [1.165, 1.54) is 7.05 Å². The van der Waals surface area contributed by atoms with E-state index < -0.39 is 6.09 Å². The van der Waals surface area contributed by atoms with Gasteiger partial charge in [-0.05, 0) is 24.4 Å². The zero-order valence-corrected chi connectivity index (χ0v) is 9.76. The minimum absolute atomic E-state index is 0.247. The van der Waals surface area contributed by atoms with Crippen LogP contribution in [-0.4, -0.2) is 25.4 Å². The van der Waals surface area contributed by atoms with Crippen molar-refractivity contribution < 1.29 is 14.3 Å². The van der Waals surface area contributed by atoms with E-state index in [9.17, 15) is 4.79 Å². The first-order valence-electron chi connectivity index (χ1n) is 4.55. The van der Waals surface area contributed by atoms with Crippen LogP contribution in [-0.2, 0) is 0 Å². The van der Waals surface area contributed by atoms with Gasteiger partial charge in [0, 0.05) is 20.2 Å². The molecule has 0 spiro atoms. The van der Waals surface area contributed by atoms with Crippen molar-refractivity contribution >= 4 is 23.5 Å². The molecule has 0 aliphatic carbocycles. The lowest BCUT2D eigenvalue weighted by Crippen LogP contribution is -2.23. The van der Waals surface area contributed by atoms with Crippen molar-refractivity contribution in [1.29, 1.82) is 0 Å². The quantitative estimate of drug-likeness (QED) is 0.763. The van der Waals surface area contributed by atoms with Gasteiger partial charge in [-0.1, -0.05) is 6.07 Å². The van der Waals surface area contributed by atoms with Gasteiger partial charge in [0.25, 0.3) is 5.17 Å². The monoisotopic (exact) mass is 240 g/mol. The second-order valence-electron chi connectivity index (χ2n) is 2.75. The molecule has 0 atom stereocenters. The summed E-state index contributed by atoms with van der Waals surface area (Å²) in [6, 6.07) is 6.62. The van der Waals surface area contributed by atoms with Crippen LogP contribution in [0, 0.1) is 0 Å². The molecule has 0 fully saturated rings. The van der Waals surface area contributed by atoms with E-state index in [1.54, 1.807) is 31.3 Å². The zero-order valence-electron chi connectivity index (χ0n) is 8.94. The highest BCUT2D eigenvalue weighted by Crippen LogP contribution is 2.19. The van der Waals surface area contributed by atoms with Gasteiger partial charge in [0.1, 0.15) is 11.5 Å². The molecule has 0 bridgehead atoms. The van der Waals surface area contributed by atoms with Gasteiger partial charge in [-0.3, -0.25) is 0 Å². The van der Waals surface area contributed by atoms with Gasteiger partial charge in [-0.2, -0.15) is 0 Å². The van der Waals surface area contributed by atoms with Crippen LogP contribution in [0.1, 0.15) is 0 Å². The van der Waals surface area contributed by atoms with Crippen LogP contribution < -0.4 is 20.1 Å². The first-order valence-corrected chi connectivity index (χ1v) is 4.95. The van der Waals surface area contributed by atoms with Crippen LogP contribution in [0.5, 0.6) is 11.5 Å². The van der Waals surface area contributed by atoms with E-state index in [0.717, 1.165) is 0 Å². The number of hydrogen-bond donors (Lipinski definition) is 2. The van der Waals surface area contributed by atoms with Crippen LogP contribution >= 0.6 is 12.2 Å². The maximum Gasteiger partial charge on any atom is 0.412 e. The summed E-state index contributed by atoms with van der Waals surface area (Å²) in [6.07, 6.45) is -0.534. The SMILES string of the molecule is CNC(=O)Oc1cccc(OC(=S)NC)c1. The third-order valence-corrected chi connectivity index (χ3v) is 1.92. The number of benzene rings is 1. The number of carbonyl (C=O) groups is 1. The summed E-state index contributed by atoms with van der Waals surface area (Å²) in [5, 5.41) is 5.27. The molecule has 1 aromatic carbocycles. The Balaban J connectivity index is 2.71. The Bertz CT molecular complexity index is 362. The molecule has 0 saturated heterocycles. The van der Waals surface area contributed by atoms with Gasteiger partial charge in [-0.15, -0.1) is 0 Å². The highest BCUT2D eigenvalue weighted by Gasteiger charge is 2.03. The molecule has 86 valence electrons. The summed E-state index contributed by atoms with van der Waals surface area (Å²) in [6.45, 7) is 0. The molecule has 6 heteroatoms. The van der Waals surface area contributed by atoms with E-state index in [4.69, 9.17) is 21.7 Å². The molecule has 5 nitrogen and oxygen atoms in total. The van der Waals surface area contributed by atoms with Crippen molar-refractivity contribution in [1.82, 2.24) is 10.6 Å². The standard InChI is InChI=1S/C10H12N2O3S/c1-11-9(13)14-7-4-3-5-8(6-7)15-10(16)12-2/h3-6H,1-2H3,(H,11,13)(H,12,16). The number of nitrogens with one attached hydrogen (secondary N) is 2. The molecule has 0 unspecified atom stereocenters. The lowest BCUT2D eigenvalue weighted by Gasteiger charge is -2.07. The van der Waals surface area contributed by atoms with Gasteiger partial charge >= 0.3 is 6.09 Å². The molecule has 0 radical (unpaired) electrons. The number of hydrogen-bond acceptors (Lipinski definition) is 4. The highest BCUT2D eigenvalue weighted by atomic mass is 32.1. The summed E-state index contributed by atoms with van der Waals surface area (Å²) >= 11 is 4.84. The molecule has 2 N–H and O–H groups in total. The Hall–Kier alpha value is -1.82. The normalized spacial score (nSPS) is 9.12. The number of rotatable bonds is 2. The van der Waals surface area contributed by atoms with Gasteiger partial charge < -0.3 is 20.1 Å². The van der Waals surface area contributed by atoms with Crippen LogP contribution in [0.15, 0.2) is 24.3 Å². The van der Waals surface area contributed by atoms with Crippen molar-refractivity contribution in [3.8, 4) is 11.5 Å². The number of thiocarbonyl (C=S) groups is 1. The molecule has 16 heavy (non-hydrogen) atoms. The molecule has 0 saturated carbocycles. The van der Waals surface area contributed by atoms with Crippen LogP contribution in [0.4, 0.5) is 4.79 Å². The summed E-state index contributed by atoms with van der Waals surface area (Å²) in [7, 11) is 3.14. The molecule has 1 amide bonds. The number of carbonyl (C=O) groups excluding carboxylic acids is 1. The van der Waals surface area contributed by atoms with E-state index in [0.29, 0.717) is 11.5 Å². The van der Waals surface area contributed by atoms with E-state index in [2.05, 4.69) is 10.6 Å². The Labute approximate surface area is 98.7 Å². The molecule has 1 rings (SSSR count). The molecular weight excluding hydrogens is 228 g/mol. The predicted octanol–water partition coefficient (Wildman–Crippen LogP) is 1.29. The summed E-state index contributed by atoms with van der Waals surface area (Å²) < 4.78 is 10.2. The zero-order chi connectivity index (χ0) is 12.0. The highest BCUT2D eigenvalue weighted by molar-refractivity contribution is 7.80. The molecule has 0 aromatic heterocycles. The average molecular weight is 240 g/mol. The van der Waals surface area contributed by atoms with Crippen molar-refractivity contribution in [2.24, 2.45) is 0 Å². The first-order chi connectivity index (χ1) is 7.65. The van der Waals surface area contributed by atoms with Gasteiger partial charge in [0.2, 0.25) is 0 Å². The Kier molecular flexibility index (Phi) is 4.53. The summed E-state index contributed by atoms with van der Waals surface area (Å²) in [5.74, 6) is 0.886. The van der Waals surface area contributed by atoms with Gasteiger partial charge in [-0.25, -0.2) is 4.79 Å². The van der Waals surface area contributed by atoms with Crippen molar-refractivity contribution in [2.75, 3.05) is 14.1 Å². The summed E-state index contributed by atoms with van der Waals surface area (Å²) in [5.41, 5.74) is 0. The smallest absolute Gasteiger partial charge is 0.412 e. The Morgan fingerprint density at radius 3 is 2.38 bits per heavy atom. The van der Waals surface area contributed by atoms with E-state index >= 15 is 0 Å². The number of amides is 1. The van der Waals surface area contributed by atoms with Crippen molar-refractivity contribution in [3.63, 3.8) is 0 Å². The third kappa shape index (κ3) is 3.74. The lowest BCUT2D eigenvalue weighted by molar-refractivity contribution is 0.203. The third-order valence-electron chi connectivity index (χ3n) is 1.63. The fraction of sp³-hybridized carbons (Fsp3) is 0.200. The molecule has 0 heterocycles. The second-order valence-corrected chi connectivity index (χ2v) is 3.12. The van der Waals surface area contributed by atoms with Crippen molar-refractivity contribution in [2.45, 2.75) is 0 Å². The Morgan fingerprint density at radius 2 is 1.81 bits per heavy atom. The van der Waals surface area contributed by atoms with Crippen LogP contribution in [0.2, 0.25) is 0 Å². The van der Waals surface area contributed by atoms with Crippen LogP contribution in [0.25, 0.3) is 0 Å². The Morgan fingerprint density at radius 1 is 1.19 bits per heavy atom. The van der Waals surface area contributed by atoms with Gasteiger partial charge in [0.15, 0.2) is 0 Å². The molecule has 0 aliphatic rings. The van der Waals surface area contributed by atoms with E-state index in [-0.39, 0.29) is 5.17 Å². The minimum Gasteiger partial charge on any atom is -0.432 e. The topological polar surface area (TPSA) is 59.6 Å². The van der Waals surface area contributed by atoms with Crippen molar-refractivity contribution in [3.05, 3.63) is 24.3 Å². The fourth-order valence-corrected chi connectivity index (χ4v) is 1.01. The maximum absolute atomic E-state index is 11.0. The van der Waals surface area contributed by atoms with Crippen LogP contribution in [0.3, 0.4) is 0 Å². The summed E-state index contributed by atoms with van der Waals surface area (Å²) in [4.78, 5) is 11.0. The predicted molar refractivity (Wildman–Crippen MR) is 63.8 cm³/mol. The molecule has 0 aliphatic heterocycles. The molecular formula is C10H12N2O3S. The fourth-order valence-electron chi connectivity index (χ4n) is 0.917. The average Bonchev–Trinajstić information content (AvgIpc) is 2.29. The minimum atomic E-state index is -0.534.